The molecule has 0 saturated carbocycles. The van der Waals surface area contributed by atoms with Crippen LogP contribution in [-0.4, -0.2) is 60.9 Å². The van der Waals surface area contributed by atoms with Gasteiger partial charge >= 0.3 is 0 Å². The smallest absolute Gasteiger partial charge is 0.261 e. The maximum absolute atomic E-state index is 13.8. The Labute approximate surface area is 192 Å². The van der Waals surface area contributed by atoms with Crippen LogP contribution in [0.4, 0.5) is 5.13 Å². The Kier molecular flexibility index (Phi) is 7.27. The molecule has 0 atom stereocenters. The van der Waals surface area contributed by atoms with Crippen LogP contribution in [0.25, 0.3) is 10.2 Å². The molecule has 5 nitrogen and oxygen atoms in total. The highest BCUT2D eigenvalue weighted by Gasteiger charge is 2.25. The summed E-state index contributed by atoms with van der Waals surface area (Å²) >= 11 is 3.32. The molecule has 0 bridgehead atoms. The number of anilines is 1. The summed E-state index contributed by atoms with van der Waals surface area (Å²) in [7, 11) is 0. The SMILES string of the molecule is CCSc1ccccc1C(=O)N(CCN1CCOCC1)c1nc2cc(C)cc(C)c2s1. The number of thioether (sulfide) groups is 1. The fourth-order valence-electron chi connectivity index (χ4n) is 3.90. The van der Waals surface area contributed by atoms with E-state index in [9.17, 15) is 4.79 Å². The number of carbonyl (C=O) groups excluding carboxylic acids is 1. The number of carbonyl (C=O) groups is 1. The second-order valence-corrected chi connectivity index (χ2v) is 10.0. The molecule has 1 aromatic heterocycles. The number of ether oxygens (including phenoxy) is 1. The van der Waals surface area contributed by atoms with E-state index < -0.39 is 0 Å². The predicted molar refractivity (Wildman–Crippen MR) is 131 cm³/mol. The number of rotatable bonds is 7. The van der Waals surface area contributed by atoms with E-state index in [1.165, 1.54) is 11.1 Å². The molecule has 2 aromatic carbocycles. The largest absolute Gasteiger partial charge is 0.379 e. The van der Waals surface area contributed by atoms with Gasteiger partial charge in [0.2, 0.25) is 0 Å². The molecular weight excluding hydrogens is 426 g/mol. The van der Waals surface area contributed by atoms with E-state index in [0.29, 0.717) is 6.54 Å². The van der Waals surface area contributed by atoms with Crippen LogP contribution in [0, 0.1) is 13.8 Å². The van der Waals surface area contributed by atoms with Crippen molar-refractivity contribution in [1.82, 2.24) is 9.88 Å². The minimum atomic E-state index is 0.0261. The zero-order valence-electron chi connectivity index (χ0n) is 18.4. The van der Waals surface area contributed by atoms with E-state index in [2.05, 4.69) is 37.8 Å². The highest BCUT2D eigenvalue weighted by molar-refractivity contribution is 7.99. The van der Waals surface area contributed by atoms with Crippen molar-refractivity contribution in [1.29, 1.82) is 0 Å². The molecule has 164 valence electrons. The monoisotopic (exact) mass is 455 g/mol. The van der Waals surface area contributed by atoms with Crippen LogP contribution in [0.5, 0.6) is 0 Å². The van der Waals surface area contributed by atoms with Gasteiger partial charge in [0, 0.05) is 31.1 Å². The molecule has 1 saturated heterocycles. The third-order valence-corrected chi connectivity index (χ3v) is 7.63. The molecule has 0 N–H and O–H groups in total. The number of amides is 1. The first kappa shape index (κ1) is 22.3. The van der Waals surface area contributed by atoms with Gasteiger partial charge in [-0.05, 0) is 48.9 Å². The van der Waals surface area contributed by atoms with Gasteiger partial charge in [-0.2, -0.15) is 0 Å². The number of hydrogen-bond donors (Lipinski definition) is 0. The van der Waals surface area contributed by atoms with Crippen molar-refractivity contribution in [2.75, 3.05) is 50.0 Å². The van der Waals surface area contributed by atoms with Gasteiger partial charge in [-0.15, -0.1) is 11.8 Å². The molecule has 1 aliphatic rings. The van der Waals surface area contributed by atoms with Gasteiger partial charge in [0.15, 0.2) is 5.13 Å². The zero-order valence-corrected chi connectivity index (χ0v) is 20.0. The number of nitrogens with zero attached hydrogens (tertiary/aromatic N) is 3. The van der Waals surface area contributed by atoms with E-state index in [1.54, 1.807) is 23.1 Å². The molecule has 4 rings (SSSR count). The minimum Gasteiger partial charge on any atom is -0.379 e. The van der Waals surface area contributed by atoms with Gasteiger partial charge in [-0.3, -0.25) is 14.6 Å². The Morgan fingerprint density at radius 2 is 2.00 bits per heavy atom. The molecule has 1 aliphatic heterocycles. The molecule has 0 aliphatic carbocycles. The van der Waals surface area contributed by atoms with Crippen molar-refractivity contribution in [2.24, 2.45) is 0 Å². The number of fused-ring (bicyclic) bond motifs is 1. The first-order valence-corrected chi connectivity index (χ1v) is 12.6. The van der Waals surface area contributed by atoms with Crippen molar-refractivity contribution in [2.45, 2.75) is 25.7 Å². The quantitative estimate of drug-likeness (QED) is 0.469. The van der Waals surface area contributed by atoms with Crippen LogP contribution < -0.4 is 4.90 Å². The summed E-state index contributed by atoms with van der Waals surface area (Å²) in [5, 5.41) is 0.776. The Balaban J connectivity index is 1.69. The van der Waals surface area contributed by atoms with Crippen molar-refractivity contribution < 1.29 is 9.53 Å². The fourth-order valence-corrected chi connectivity index (χ4v) is 5.74. The van der Waals surface area contributed by atoms with Crippen LogP contribution >= 0.6 is 23.1 Å². The van der Waals surface area contributed by atoms with Gasteiger partial charge in [0.25, 0.3) is 5.91 Å². The van der Waals surface area contributed by atoms with Crippen LogP contribution in [0.2, 0.25) is 0 Å². The summed E-state index contributed by atoms with van der Waals surface area (Å²) in [6.45, 7) is 11.1. The number of aromatic nitrogens is 1. The second kappa shape index (κ2) is 10.1. The van der Waals surface area contributed by atoms with Crippen molar-refractivity contribution in [3.8, 4) is 0 Å². The lowest BCUT2D eigenvalue weighted by atomic mass is 10.1. The molecule has 7 heteroatoms. The average molecular weight is 456 g/mol. The predicted octanol–water partition coefficient (Wildman–Crippen LogP) is 5.00. The maximum atomic E-state index is 13.8. The second-order valence-electron chi connectivity index (χ2n) is 7.77. The van der Waals surface area contributed by atoms with Gasteiger partial charge in [0.05, 0.1) is 29.0 Å². The Bertz CT molecular complexity index is 1060. The number of benzene rings is 2. The highest BCUT2D eigenvalue weighted by Crippen LogP contribution is 2.34. The van der Waals surface area contributed by atoms with Gasteiger partial charge in [-0.1, -0.05) is 36.5 Å². The molecule has 3 aromatic rings. The number of morpholine rings is 1. The molecule has 2 heterocycles. The molecule has 1 amide bonds. The molecule has 31 heavy (non-hydrogen) atoms. The molecule has 0 spiro atoms. The van der Waals surface area contributed by atoms with Crippen molar-refractivity contribution in [3.63, 3.8) is 0 Å². The fraction of sp³-hybridized carbons (Fsp3) is 0.417. The van der Waals surface area contributed by atoms with Gasteiger partial charge < -0.3 is 4.74 Å². The first-order valence-electron chi connectivity index (χ1n) is 10.8. The van der Waals surface area contributed by atoms with Crippen LogP contribution in [-0.2, 0) is 4.74 Å². The third-order valence-electron chi connectivity index (χ3n) is 5.45. The Morgan fingerprint density at radius 3 is 2.77 bits per heavy atom. The lowest BCUT2D eigenvalue weighted by Gasteiger charge is -2.29. The Morgan fingerprint density at radius 1 is 1.23 bits per heavy atom. The Hall–Kier alpha value is -1.93. The van der Waals surface area contributed by atoms with Gasteiger partial charge in [-0.25, -0.2) is 4.98 Å². The average Bonchev–Trinajstić information content (AvgIpc) is 3.19. The topological polar surface area (TPSA) is 45.7 Å². The van der Waals surface area contributed by atoms with Crippen LogP contribution in [0.1, 0.15) is 28.4 Å². The number of aryl methyl sites for hydroxylation is 2. The summed E-state index contributed by atoms with van der Waals surface area (Å²) in [6, 6.07) is 12.2. The normalized spacial score (nSPS) is 14.8. The summed E-state index contributed by atoms with van der Waals surface area (Å²) in [5.41, 5.74) is 4.13. The summed E-state index contributed by atoms with van der Waals surface area (Å²) < 4.78 is 6.63. The lowest BCUT2D eigenvalue weighted by Crippen LogP contribution is -2.43. The number of hydrogen-bond acceptors (Lipinski definition) is 6. The lowest BCUT2D eigenvalue weighted by molar-refractivity contribution is 0.0391. The standard InChI is InChI=1S/C24H29N3O2S2/c1-4-30-21-8-6-5-7-19(21)23(28)27(10-9-26-11-13-29-14-12-26)24-25-20-16-17(2)15-18(3)22(20)31-24/h5-8,15-16H,4,9-14H2,1-3H3. The van der Waals surface area contributed by atoms with E-state index in [0.717, 1.165) is 64.4 Å². The zero-order chi connectivity index (χ0) is 21.8. The van der Waals surface area contributed by atoms with Crippen molar-refractivity contribution in [3.05, 3.63) is 53.1 Å². The van der Waals surface area contributed by atoms with Crippen molar-refractivity contribution >= 4 is 44.4 Å². The van der Waals surface area contributed by atoms with Crippen LogP contribution in [0.15, 0.2) is 41.3 Å². The molecule has 1 fully saturated rings. The molecule has 0 unspecified atom stereocenters. The minimum absolute atomic E-state index is 0.0261. The maximum Gasteiger partial charge on any atom is 0.261 e. The van der Waals surface area contributed by atoms with E-state index in [-0.39, 0.29) is 5.91 Å². The first-order chi connectivity index (χ1) is 15.1. The molecule has 0 radical (unpaired) electrons. The molecular formula is C24H29N3O2S2. The van der Waals surface area contributed by atoms with E-state index in [1.807, 2.05) is 29.2 Å². The van der Waals surface area contributed by atoms with Gasteiger partial charge in [0.1, 0.15) is 0 Å². The van der Waals surface area contributed by atoms with E-state index >= 15 is 0 Å². The van der Waals surface area contributed by atoms with Crippen LogP contribution in [0.3, 0.4) is 0 Å². The number of thiazole rings is 1. The summed E-state index contributed by atoms with van der Waals surface area (Å²) in [4.78, 5) is 23.9. The van der Waals surface area contributed by atoms with E-state index in [4.69, 9.17) is 9.72 Å². The third kappa shape index (κ3) is 5.12. The summed E-state index contributed by atoms with van der Waals surface area (Å²) in [5.74, 6) is 0.954. The summed E-state index contributed by atoms with van der Waals surface area (Å²) in [6.07, 6.45) is 0. The highest BCUT2D eigenvalue weighted by atomic mass is 32.2.